The van der Waals surface area contributed by atoms with Crippen LogP contribution < -0.4 is 4.74 Å². The number of carbonyl (C=O) groups is 2. The number of hydrogen-bond donors (Lipinski definition) is 0. The third kappa shape index (κ3) is 4.06. The number of ketones is 1. The zero-order valence-corrected chi connectivity index (χ0v) is 17.3. The molecule has 0 radical (unpaired) electrons. The molecular formula is C20H19NO6S2. The number of rotatable bonds is 6. The van der Waals surface area contributed by atoms with Crippen molar-refractivity contribution >= 4 is 43.8 Å². The van der Waals surface area contributed by atoms with Crippen LogP contribution in [0, 0.1) is 0 Å². The minimum atomic E-state index is -3.07. The fraction of sp³-hybridized carbons (Fsp3) is 0.300. The van der Waals surface area contributed by atoms with Crippen molar-refractivity contribution in [3.63, 3.8) is 0 Å². The second kappa shape index (κ2) is 7.64. The second-order valence-corrected chi connectivity index (χ2v) is 10.1. The maximum atomic E-state index is 12.6. The molecule has 0 saturated carbocycles. The van der Waals surface area contributed by atoms with E-state index in [2.05, 4.69) is 0 Å². The summed E-state index contributed by atoms with van der Waals surface area (Å²) in [5, 5.41) is 2.45. The smallest absolute Gasteiger partial charge is 0.260 e. The lowest BCUT2D eigenvalue weighted by Gasteiger charge is -2.23. The second-order valence-electron chi connectivity index (χ2n) is 6.96. The molecule has 2 aromatic heterocycles. The quantitative estimate of drug-likeness (QED) is 0.555. The lowest BCUT2D eigenvalue weighted by Crippen LogP contribution is -2.40. The van der Waals surface area contributed by atoms with Crippen LogP contribution in [0.3, 0.4) is 0 Å². The predicted octanol–water partition coefficient (Wildman–Crippen LogP) is 2.75. The molecule has 3 heterocycles. The minimum absolute atomic E-state index is 0.00951. The van der Waals surface area contributed by atoms with E-state index < -0.39 is 9.84 Å². The van der Waals surface area contributed by atoms with E-state index in [0.717, 1.165) is 0 Å². The Hall–Kier alpha value is -2.65. The molecule has 0 N–H and O–H groups in total. The van der Waals surface area contributed by atoms with Gasteiger partial charge in [0.15, 0.2) is 16.4 Å². The van der Waals surface area contributed by atoms with E-state index in [4.69, 9.17) is 9.15 Å². The highest BCUT2D eigenvalue weighted by molar-refractivity contribution is 7.91. The van der Waals surface area contributed by atoms with E-state index in [1.54, 1.807) is 31.3 Å². The van der Waals surface area contributed by atoms with Crippen LogP contribution in [0.4, 0.5) is 0 Å². The summed E-state index contributed by atoms with van der Waals surface area (Å²) < 4.78 is 34.3. The maximum Gasteiger partial charge on any atom is 0.260 e. The topological polar surface area (TPSA) is 93.9 Å². The van der Waals surface area contributed by atoms with Crippen molar-refractivity contribution in [2.24, 2.45) is 0 Å². The van der Waals surface area contributed by atoms with E-state index in [1.165, 1.54) is 22.5 Å². The molecule has 1 atom stereocenters. The Kier molecular flexibility index (Phi) is 5.18. The molecule has 1 aromatic carbocycles. The van der Waals surface area contributed by atoms with Crippen molar-refractivity contribution in [3.05, 3.63) is 52.4 Å². The van der Waals surface area contributed by atoms with Gasteiger partial charge in [0.05, 0.1) is 21.9 Å². The van der Waals surface area contributed by atoms with Crippen LogP contribution >= 0.6 is 11.3 Å². The number of thiophene rings is 1. The minimum Gasteiger partial charge on any atom is -0.484 e. The Morgan fingerprint density at radius 3 is 2.83 bits per heavy atom. The molecule has 0 spiro atoms. The van der Waals surface area contributed by atoms with E-state index in [0.29, 0.717) is 33.6 Å². The third-order valence-electron chi connectivity index (χ3n) is 5.05. The van der Waals surface area contributed by atoms with Crippen molar-refractivity contribution in [2.75, 3.05) is 25.2 Å². The van der Waals surface area contributed by atoms with E-state index in [9.17, 15) is 18.0 Å². The van der Waals surface area contributed by atoms with Gasteiger partial charge in [0, 0.05) is 18.5 Å². The highest BCUT2D eigenvalue weighted by Crippen LogP contribution is 2.28. The van der Waals surface area contributed by atoms with Crippen molar-refractivity contribution < 1.29 is 27.2 Å². The van der Waals surface area contributed by atoms with Gasteiger partial charge in [0.1, 0.15) is 17.6 Å². The first-order chi connectivity index (χ1) is 13.8. The zero-order valence-electron chi connectivity index (χ0n) is 15.7. The summed E-state index contributed by atoms with van der Waals surface area (Å²) in [5.41, 5.74) is 0.990. The molecule has 7 nitrogen and oxygen atoms in total. The van der Waals surface area contributed by atoms with E-state index >= 15 is 0 Å². The molecule has 1 saturated heterocycles. The van der Waals surface area contributed by atoms with Crippen LogP contribution in [-0.2, 0) is 14.6 Å². The maximum absolute atomic E-state index is 12.6. The number of carbonyl (C=O) groups excluding carboxylic acids is 2. The normalized spacial score (nSPS) is 18.0. The molecule has 3 aromatic rings. The summed E-state index contributed by atoms with van der Waals surface area (Å²) in [6.07, 6.45) is 1.87. The Morgan fingerprint density at radius 1 is 1.31 bits per heavy atom. The fourth-order valence-electron chi connectivity index (χ4n) is 3.35. The Labute approximate surface area is 171 Å². The molecule has 29 heavy (non-hydrogen) atoms. The number of fused-ring (bicyclic) bond motifs is 1. The van der Waals surface area contributed by atoms with Gasteiger partial charge in [0.25, 0.3) is 5.91 Å². The fourth-order valence-corrected chi connectivity index (χ4v) is 5.80. The summed E-state index contributed by atoms with van der Waals surface area (Å²) in [6.45, 7) is -0.218. The summed E-state index contributed by atoms with van der Waals surface area (Å²) in [5.74, 6) is 0.0991. The van der Waals surface area contributed by atoms with Crippen molar-refractivity contribution in [3.8, 4) is 5.75 Å². The predicted molar refractivity (Wildman–Crippen MR) is 109 cm³/mol. The highest BCUT2D eigenvalue weighted by Gasteiger charge is 2.32. The van der Waals surface area contributed by atoms with Gasteiger partial charge in [-0.2, -0.15) is 0 Å². The van der Waals surface area contributed by atoms with E-state index in [-0.39, 0.29) is 35.8 Å². The monoisotopic (exact) mass is 433 g/mol. The summed E-state index contributed by atoms with van der Waals surface area (Å²) in [7, 11) is -1.48. The molecule has 152 valence electrons. The summed E-state index contributed by atoms with van der Waals surface area (Å²) >= 11 is 1.36. The van der Waals surface area contributed by atoms with Gasteiger partial charge in [-0.1, -0.05) is 6.07 Å². The number of ether oxygens (including phenoxy) is 1. The zero-order chi connectivity index (χ0) is 20.6. The number of likely N-dealkylation sites (N-methyl/N-ethyl adjacent to an activating group) is 1. The molecule has 1 aliphatic rings. The average molecular weight is 434 g/mol. The molecule has 4 rings (SSSR count). The average Bonchev–Trinajstić information content (AvgIpc) is 3.44. The van der Waals surface area contributed by atoms with Gasteiger partial charge in [-0.25, -0.2) is 8.42 Å². The SMILES string of the molecule is CN(C(=O)COc1ccc2occ(C(=O)c3cccs3)c2c1)[C@@H]1CCS(=O)(=O)C1. The van der Waals surface area contributed by atoms with Gasteiger partial charge in [0.2, 0.25) is 5.78 Å². The van der Waals surface area contributed by atoms with Gasteiger partial charge in [-0.15, -0.1) is 11.3 Å². The van der Waals surface area contributed by atoms with Crippen LogP contribution in [0.15, 0.2) is 46.4 Å². The molecule has 1 fully saturated rings. The first-order valence-electron chi connectivity index (χ1n) is 9.02. The Bertz CT molecular complexity index is 1160. The van der Waals surface area contributed by atoms with Crippen molar-refractivity contribution in [1.29, 1.82) is 0 Å². The lowest BCUT2D eigenvalue weighted by molar-refractivity contribution is -0.133. The first kappa shape index (κ1) is 19.7. The van der Waals surface area contributed by atoms with E-state index in [1.807, 2.05) is 11.4 Å². The summed E-state index contributed by atoms with van der Waals surface area (Å²) in [6, 6.07) is 8.28. The van der Waals surface area contributed by atoms with Crippen molar-refractivity contribution in [1.82, 2.24) is 4.90 Å². The number of furan rings is 1. The Balaban J connectivity index is 1.46. The standard InChI is InChI=1S/C20H19NO6S2/c1-21(13-6-8-29(24,25)12-13)19(22)11-26-14-4-5-17-15(9-14)16(10-27-17)20(23)18-3-2-7-28-18/h2-5,7,9-10,13H,6,8,11-12H2,1H3/t13-/m1/s1. The van der Waals surface area contributed by atoms with Crippen LogP contribution in [0.1, 0.15) is 21.7 Å². The molecular weight excluding hydrogens is 414 g/mol. The number of amides is 1. The molecule has 1 aliphatic heterocycles. The lowest BCUT2D eigenvalue weighted by atomic mass is 10.1. The largest absolute Gasteiger partial charge is 0.484 e. The molecule has 0 aliphatic carbocycles. The van der Waals surface area contributed by atoms with Crippen LogP contribution in [0.5, 0.6) is 5.75 Å². The molecule has 0 bridgehead atoms. The third-order valence-corrected chi connectivity index (χ3v) is 7.67. The molecule has 1 amide bonds. The van der Waals surface area contributed by atoms with Crippen LogP contribution in [0.2, 0.25) is 0 Å². The first-order valence-corrected chi connectivity index (χ1v) is 11.7. The number of benzene rings is 1. The number of sulfone groups is 1. The number of nitrogens with zero attached hydrogens (tertiary/aromatic N) is 1. The number of hydrogen-bond acceptors (Lipinski definition) is 7. The van der Waals surface area contributed by atoms with Gasteiger partial charge < -0.3 is 14.1 Å². The molecule has 9 heteroatoms. The van der Waals surface area contributed by atoms with Gasteiger partial charge in [-0.3, -0.25) is 9.59 Å². The summed E-state index contributed by atoms with van der Waals surface area (Å²) in [4.78, 5) is 27.1. The molecule has 0 unspecified atom stereocenters. The highest BCUT2D eigenvalue weighted by atomic mass is 32.2. The van der Waals surface area contributed by atoms with Crippen molar-refractivity contribution in [2.45, 2.75) is 12.5 Å². The van der Waals surface area contributed by atoms with Crippen LogP contribution in [-0.4, -0.2) is 56.2 Å². The van der Waals surface area contributed by atoms with Gasteiger partial charge >= 0.3 is 0 Å². The van der Waals surface area contributed by atoms with Gasteiger partial charge in [-0.05, 0) is 36.1 Å². The Morgan fingerprint density at radius 2 is 2.14 bits per heavy atom. The van der Waals surface area contributed by atoms with Crippen LogP contribution in [0.25, 0.3) is 11.0 Å².